The van der Waals surface area contributed by atoms with Crippen LogP contribution < -0.4 is 16.4 Å². The van der Waals surface area contributed by atoms with Crippen molar-refractivity contribution >= 4 is 34.6 Å². The van der Waals surface area contributed by atoms with Gasteiger partial charge in [0.2, 0.25) is 6.29 Å². The molecule has 10 nitrogen and oxygen atoms in total. The number of carbonyl (C=O) groups excluding carboxylic acids is 2. The van der Waals surface area contributed by atoms with E-state index in [-0.39, 0.29) is 23.9 Å². The van der Waals surface area contributed by atoms with E-state index in [0.717, 1.165) is 11.1 Å². The minimum Gasteiger partial charge on any atom is -0.459 e. The molecule has 3 aromatic rings. The zero-order valence-corrected chi connectivity index (χ0v) is 22.9. The van der Waals surface area contributed by atoms with Gasteiger partial charge in [-0.2, -0.15) is 0 Å². The van der Waals surface area contributed by atoms with E-state index in [0.29, 0.717) is 56.2 Å². The topological polar surface area (TPSA) is 122 Å². The van der Waals surface area contributed by atoms with Crippen molar-refractivity contribution < 1.29 is 19.1 Å². The first kappa shape index (κ1) is 27.9. The Morgan fingerprint density at radius 2 is 1.90 bits per heavy atom. The van der Waals surface area contributed by atoms with Crippen LogP contribution in [0.4, 0.5) is 16.2 Å². The molecule has 1 aliphatic heterocycles. The first-order valence-electron chi connectivity index (χ1n) is 12.7. The number of nitrogens with one attached hydrogen (secondary N) is 2. The summed E-state index contributed by atoms with van der Waals surface area (Å²) in [5.74, 6) is 0.366. The number of hydrogen-bond donors (Lipinski definition) is 3. The number of aromatic nitrogens is 1. The van der Waals surface area contributed by atoms with E-state index >= 15 is 0 Å². The predicted octanol–water partition coefficient (Wildman–Crippen LogP) is 3.90. The Hall–Kier alpha value is -4.09. The van der Waals surface area contributed by atoms with E-state index in [2.05, 4.69) is 15.6 Å². The third-order valence-corrected chi connectivity index (χ3v) is 6.76. The molecule has 1 aromatic carbocycles. The van der Waals surface area contributed by atoms with E-state index in [1.807, 2.05) is 49.3 Å². The Bertz CT molecular complexity index is 1260. The average molecular weight is 551 g/mol. The molecular formula is C28H34N6O4S. The number of urea groups is 1. The van der Waals surface area contributed by atoms with Crippen molar-refractivity contribution in [2.45, 2.75) is 25.7 Å². The molecule has 0 spiro atoms. The van der Waals surface area contributed by atoms with Gasteiger partial charge in [-0.15, -0.1) is 11.3 Å². The standard InChI is InChI=1S/C28H34N6O4S/c1-33(2)12-13-34(16-21-8-9-24(31-15-21)27(35)32-25-19-39-18-23(25)29)28(36)30-11-10-22-17-37-26(38-22)14-20-6-4-3-5-7-20/h3-9,15,17-19,26H,10-14,16,29H2,1-2H3,(H,30,36)(H,32,35). The molecule has 206 valence electrons. The zero-order chi connectivity index (χ0) is 27.6. The fraction of sp³-hybridized carbons (Fsp3) is 0.321. The van der Waals surface area contributed by atoms with Crippen LogP contribution in [0, 0.1) is 0 Å². The number of hydrogen-bond acceptors (Lipinski definition) is 8. The second-order valence-corrected chi connectivity index (χ2v) is 10.2. The quantitative estimate of drug-likeness (QED) is 0.313. The van der Waals surface area contributed by atoms with Gasteiger partial charge in [-0.05, 0) is 31.3 Å². The lowest BCUT2D eigenvalue weighted by molar-refractivity contribution is -0.0314. The molecule has 3 amide bonds. The van der Waals surface area contributed by atoms with Crippen molar-refractivity contribution in [3.05, 3.63) is 88.3 Å². The number of ether oxygens (including phenoxy) is 2. The highest BCUT2D eigenvalue weighted by Gasteiger charge is 2.21. The summed E-state index contributed by atoms with van der Waals surface area (Å²) in [4.78, 5) is 33.6. The summed E-state index contributed by atoms with van der Waals surface area (Å²) >= 11 is 1.41. The molecule has 11 heteroatoms. The van der Waals surface area contributed by atoms with Crippen molar-refractivity contribution in [3.63, 3.8) is 0 Å². The van der Waals surface area contributed by atoms with Gasteiger partial charge in [0.15, 0.2) is 0 Å². The maximum absolute atomic E-state index is 13.0. The molecule has 2 aromatic heterocycles. The van der Waals surface area contributed by atoms with E-state index in [4.69, 9.17) is 15.2 Å². The van der Waals surface area contributed by atoms with E-state index in [9.17, 15) is 9.59 Å². The second kappa shape index (κ2) is 13.6. The SMILES string of the molecule is CN(C)CCN(Cc1ccc(C(=O)Nc2cscc2N)nc1)C(=O)NCCC1=COC(Cc2ccccc2)O1. The predicted molar refractivity (Wildman–Crippen MR) is 152 cm³/mol. The van der Waals surface area contributed by atoms with Gasteiger partial charge < -0.3 is 35.6 Å². The number of amides is 3. The summed E-state index contributed by atoms with van der Waals surface area (Å²) in [6.07, 6.45) is 4.07. The molecule has 1 unspecified atom stereocenters. The third-order valence-electron chi connectivity index (χ3n) is 6.00. The van der Waals surface area contributed by atoms with Gasteiger partial charge in [0.05, 0.1) is 11.4 Å². The summed E-state index contributed by atoms with van der Waals surface area (Å²) in [6.45, 7) is 1.99. The number of nitrogen functional groups attached to an aromatic ring is 1. The minimum absolute atomic E-state index is 0.188. The van der Waals surface area contributed by atoms with Crippen LogP contribution in [0.3, 0.4) is 0 Å². The van der Waals surface area contributed by atoms with Crippen LogP contribution in [0.5, 0.6) is 0 Å². The number of likely N-dealkylation sites (N-methyl/N-ethyl adjacent to an activating group) is 1. The molecule has 1 atom stereocenters. The number of pyridine rings is 1. The Morgan fingerprint density at radius 3 is 2.59 bits per heavy atom. The van der Waals surface area contributed by atoms with E-state index in [1.54, 1.807) is 40.3 Å². The van der Waals surface area contributed by atoms with Crippen LogP contribution in [-0.4, -0.2) is 66.7 Å². The second-order valence-electron chi connectivity index (χ2n) is 9.41. The third kappa shape index (κ3) is 8.45. The lowest BCUT2D eigenvalue weighted by Gasteiger charge is -2.25. The monoisotopic (exact) mass is 550 g/mol. The van der Waals surface area contributed by atoms with Crippen LogP contribution >= 0.6 is 11.3 Å². The Morgan fingerprint density at radius 1 is 1.08 bits per heavy atom. The summed E-state index contributed by atoms with van der Waals surface area (Å²) < 4.78 is 11.5. The lowest BCUT2D eigenvalue weighted by atomic mass is 10.1. The fourth-order valence-corrected chi connectivity index (χ4v) is 4.51. The molecule has 0 saturated heterocycles. The zero-order valence-electron chi connectivity index (χ0n) is 22.1. The molecule has 0 bridgehead atoms. The van der Waals surface area contributed by atoms with Gasteiger partial charge in [-0.25, -0.2) is 4.79 Å². The summed E-state index contributed by atoms with van der Waals surface area (Å²) in [5, 5.41) is 9.26. The van der Waals surface area contributed by atoms with Crippen molar-refractivity contribution in [3.8, 4) is 0 Å². The average Bonchev–Trinajstić information content (AvgIpc) is 3.55. The van der Waals surface area contributed by atoms with Crippen LogP contribution in [0.15, 0.2) is 71.4 Å². The Kier molecular flexibility index (Phi) is 9.76. The molecule has 0 aliphatic carbocycles. The summed E-state index contributed by atoms with van der Waals surface area (Å²) in [7, 11) is 3.92. The van der Waals surface area contributed by atoms with Crippen molar-refractivity contribution in [1.82, 2.24) is 20.1 Å². The van der Waals surface area contributed by atoms with Gasteiger partial charge in [0.1, 0.15) is 17.7 Å². The molecule has 0 saturated carbocycles. The van der Waals surface area contributed by atoms with Crippen LogP contribution in [0.2, 0.25) is 0 Å². The molecular weight excluding hydrogens is 516 g/mol. The number of nitrogens with zero attached hydrogens (tertiary/aromatic N) is 3. The van der Waals surface area contributed by atoms with Crippen molar-refractivity contribution in [1.29, 1.82) is 0 Å². The molecule has 39 heavy (non-hydrogen) atoms. The van der Waals surface area contributed by atoms with Gasteiger partial charge in [0.25, 0.3) is 5.91 Å². The first-order valence-corrected chi connectivity index (χ1v) is 13.6. The number of thiophene rings is 1. The minimum atomic E-state index is -0.352. The Balaban J connectivity index is 1.26. The van der Waals surface area contributed by atoms with Gasteiger partial charge in [-0.1, -0.05) is 36.4 Å². The van der Waals surface area contributed by atoms with Crippen LogP contribution in [-0.2, 0) is 22.4 Å². The van der Waals surface area contributed by atoms with Crippen molar-refractivity contribution in [2.24, 2.45) is 0 Å². The normalized spacial score (nSPS) is 14.3. The number of nitrogens with two attached hydrogens (primary N) is 1. The van der Waals surface area contributed by atoms with Gasteiger partial charge in [0, 0.05) is 56.0 Å². The molecule has 0 fully saturated rings. The molecule has 1 aliphatic rings. The lowest BCUT2D eigenvalue weighted by Crippen LogP contribution is -2.43. The maximum Gasteiger partial charge on any atom is 0.317 e. The highest BCUT2D eigenvalue weighted by Crippen LogP contribution is 2.23. The highest BCUT2D eigenvalue weighted by atomic mass is 32.1. The Labute approximate surface area is 232 Å². The molecule has 0 radical (unpaired) electrons. The highest BCUT2D eigenvalue weighted by molar-refractivity contribution is 7.09. The van der Waals surface area contributed by atoms with Crippen molar-refractivity contribution in [2.75, 3.05) is 44.8 Å². The van der Waals surface area contributed by atoms with E-state index in [1.165, 1.54) is 11.3 Å². The van der Waals surface area contributed by atoms with Crippen LogP contribution in [0.25, 0.3) is 0 Å². The molecule has 4 N–H and O–H groups in total. The smallest absolute Gasteiger partial charge is 0.317 e. The van der Waals surface area contributed by atoms with E-state index < -0.39 is 0 Å². The summed E-state index contributed by atoms with van der Waals surface area (Å²) in [5.41, 5.74) is 9.15. The van der Waals surface area contributed by atoms with Gasteiger partial charge >= 0.3 is 6.03 Å². The maximum atomic E-state index is 13.0. The largest absolute Gasteiger partial charge is 0.459 e. The number of rotatable bonds is 12. The van der Waals surface area contributed by atoms with Gasteiger partial charge in [-0.3, -0.25) is 9.78 Å². The number of anilines is 2. The van der Waals surface area contributed by atoms with Crippen LogP contribution in [0.1, 0.15) is 28.0 Å². The number of carbonyl (C=O) groups is 2. The summed E-state index contributed by atoms with van der Waals surface area (Å²) in [6, 6.07) is 13.3. The fourth-order valence-electron chi connectivity index (χ4n) is 3.84. The molecule has 4 rings (SSSR count). The first-order chi connectivity index (χ1) is 18.9. The molecule has 3 heterocycles. The number of benzene rings is 1.